The highest BCUT2D eigenvalue weighted by Gasteiger charge is 2.15. The van der Waals surface area contributed by atoms with Crippen LogP contribution in [0.2, 0.25) is 0 Å². The molecule has 2 atom stereocenters. The van der Waals surface area contributed by atoms with Crippen molar-refractivity contribution >= 4 is 5.97 Å². The van der Waals surface area contributed by atoms with Crippen molar-refractivity contribution in [3.05, 3.63) is 0 Å². The Labute approximate surface area is 79.4 Å². The van der Waals surface area contributed by atoms with Gasteiger partial charge in [0.2, 0.25) is 0 Å². The van der Waals surface area contributed by atoms with E-state index < -0.39 is 6.04 Å². The molecule has 0 heterocycles. The Bertz CT molecular complexity index is 150. The molecule has 2 N–H and O–H groups in total. The van der Waals surface area contributed by atoms with Crippen LogP contribution in [0.4, 0.5) is 0 Å². The number of ether oxygens (including phenoxy) is 2. The molecule has 0 rings (SSSR count). The lowest BCUT2D eigenvalue weighted by Crippen LogP contribution is -2.34. The molecular formula is C9H19NO3. The number of hydrogen-bond acceptors (Lipinski definition) is 4. The summed E-state index contributed by atoms with van der Waals surface area (Å²) in [7, 11) is 0. The quantitative estimate of drug-likeness (QED) is 0.624. The van der Waals surface area contributed by atoms with E-state index in [1.54, 1.807) is 6.92 Å². The van der Waals surface area contributed by atoms with Gasteiger partial charge in [0.15, 0.2) is 0 Å². The second-order valence-electron chi connectivity index (χ2n) is 2.92. The van der Waals surface area contributed by atoms with Gasteiger partial charge in [0, 0.05) is 6.61 Å². The van der Waals surface area contributed by atoms with Crippen molar-refractivity contribution in [3.8, 4) is 0 Å². The summed E-state index contributed by atoms with van der Waals surface area (Å²) in [6.07, 6.45) is 0.380. The van der Waals surface area contributed by atoms with Crippen LogP contribution in [0, 0.1) is 0 Å². The molecule has 4 nitrogen and oxygen atoms in total. The average Bonchev–Trinajstić information content (AvgIpc) is 2.13. The van der Waals surface area contributed by atoms with Crippen molar-refractivity contribution in [2.45, 2.75) is 39.3 Å². The maximum Gasteiger partial charge on any atom is 0.323 e. The van der Waals surface area contributed by atoms with Gasteiger partial charge in [-0.05, 0) is 20.3 Å². The zero-order chi connectivity index (χ0) is 10.3. The van der Waals surface area contributed by atoms with Gasteiger partial charge in [0.05, 0.1) is 6.61 Å². The Morgan fingerprint density at radius 1 is 1.46 bits per heavy atom. The van der Waals surface area contributed by atoms with Crippen LogP contribution in [0.25, 0.3) is 0 Å². The van der Waals surface area contributed by atoms with Gasteiger partial charge in [-0.3, -0.25) is 4.79 Å². The number of esters is 1. The van der Waals surface area contributed by atoms with Gasteiger partial charge in [-0.15, -0.1) is 0 Å². The third kappa shape index (κ3) is 5.60. The second kappa shape index (κ2) is 6.86. The highest BCUT2D eigenvalue weighted by molar-refractivity contribution is 5.75. The first kappa shape index (κ1) is 12.4. The minimum atomic E-state index is -0.510. The number of rotatable bonds is 6. The molecule has 0 amide bonds. The van der Waals surface area contributed by atoms with Crippen LogP contribution in [0.1, 0.15) is 27.2 Å². The highest BCUT2D eigenvalue weighted by atomic mass is 16.6. The highest BCUT2D eigenvalue weighted by Crippen LogP contribution is 1.97. The van der Waals surface area contributed by atoms with Crippen LogP contribution in [0.5, 0.6) is 0 Å². The van der Waals surface area contributed by atoms with Crippen molar-refractivity contribution < 1.29 is 14.3 Å². The Morgan fingerprint density at radius 3 is 2.54 bits per heavy atom. The van der Waals surface area contributed by atoms with Crippen molar-refractivity contribution in [2.75, 3.05) is 13.2 Å². The summed E-state index contributed by atoms with van der Waals surface area (Å²) in [5, 5.41) is 0. The standard InChI is InChI=1S/C9H19NO3/c1-4-8(10)9(11)13-7(3)6-12-5-2/h7-8H,4-6,10H2,1-3H3/t7?,8-/m0/s1. The van der Waals surface area contributed by atoms with Crippen LogP contribution in [-0.4, -0.2) is 31.3 Å². The summed E-state index contributed by atoms with van der Waals surface area (Å²) in [5.74, 6) is -0.352. The second-order valence-corrected chi connectivity index (χ2v) is 2.92. The van der Waals surface area contributed by atoms with E-state index in [2.05, 4.69) is 0 Å². The van der Waals surface area contributed by atoms with Crippen LogP contribution in [0.3, 0.4) is 0 Å². The topological polar surface area (TPSA) is 61.5 Å². The number of nitrogens with two attached hydrogens (primary N) is 1. The molecule has 78 valence electrons. The molecule has 0 aliphatic rings. The first-order chi connectivity index (χ1) is 6.11. The van der Waals surface area contributed by atoms with E-state index in [-0.39, 0.29) is 12.1 Å². The van der Waals surface area contributed by atoms with Crippen LogP contribution in [-0.2, 0) is 14.3 Å². The first-order valence-electron chi connectivity index (χ1n) is 4.65. The normalized spacial score (nSPS) is 15.1. The number of hydrogen-bond donors (Lipinski definition) is 1. The molecule has 0 spiro atoms. The summed E-state index contributed by atoms with van der Waals surface area (Å²) < 4.78 is 10.1. The van der Waals surface area contributed by atoms with E-state index in [0.717, 1.165) is 0 Å². The monoisotopic (exact) mass is 189 g/mol. The molecule has 1 unspecified atom stereocenters. The molecule has 0 aliphatic carbocycles. The first-order valence-corrected chi connectivity index (χ1v) is 4.65. The van der Waals surface area contributed by atoms with E-state index in [4.69, 9.17) is 15.2 Å². The lowest BCUT2D eigenvalue weighted by atomic mass is 10.2. The van der Waals surface area contributed by atoms with Gasteiger partial charge in [0.25, 0.3) is 0 Å². The van der Waals surface area contributed by atoms with E-state index in [1.807, 2.05) is 13.8 Å². The Morgan fingerprint density at radius 2 is 2.08 bits per heavy atom. The maximum absolute atomic E-state index is 11.1. The fourth-order valence-electron chi connectivity index (χ4n) is 0.770. The summed E-state index contributed by atoms with van der Waals surface area (Å²) in [5.41, 5.74) is 5.48. The largest absolute Gasteiger partial charge is 0.459 e. The zero-order valence-corrected chi connectivity index (χ0v) is 8.58. The lowest BCUT2D eigenvalue weighted by Gasteiger charge is -2.15. The smallest absolute Gasteiger partial charge is 0.323 e. The lowest BCUT2D eigenvalue weighted by molar-refractivity contribution is -0.152. The molecule has 0 saturated carbocycles. The Balaban J connectivity index is 3.64. The fraction of sp³-hybridized carbons (Fsp3) is 0.889. The SMILES string of the molecule is CCOCC(C)OC(=O)[C@@H](N)CC. The van der Waals surface area contributed by atoms with E-state index in [0.29, 0.717) is 19.6 Å². The summed E-state index contributed by atoms with van der Waals surface area (Å²) in [6.45, 7) is 6.59. The van der Waals surface area contributed by atoms with E-state index in [1.165, 1.54) is 0 Å². The minimum Gasteiger partial charge on any atom is -0.459 e. The third-order valence-electron chi connectivity index (χ3n) is 1.62. The maximum atomic E-state index is 11.1. The van der Waals surface area contributed by atoms with Gasteiger partial charge in [-0.25, -0.2) is 0 Å². The molecule has 0 fully saturated rings. The van der Waals surface area contributed by atoms with Gasteiger partial charge in [-0.1, -0.05) is 6.92 Å². The Kier molecular flexibility index (Phi) is 6.54. The van der Waals surface area contributed by atoms with Gasteiger partial charge >= 0.3 is 5.97 Å². The summed E-state index contributed by atoms with van der Waals surface area (Å²) in [6, 6.07) is -0.510. The van der Waals surface area contributed by atoms with Crippen molar-refractivity contribution in [2.24, 2.45) is 5.73 Å². The minimum absolute atomic E-state index is 0.218. The molecule has 0 bridgehead atoms. The average molecular weight is 189 g/mol. The zero-order valence-electron chi connectivity index (χ0n) is 8.58. The summed E-state index contributed by atoms with van der Waals surface area (Å²) >= 11 is 0. The predicted molar refractivity (Wildman–Crippen MR) is 50.3 cm³/mol. The molecular weight excluding hydrogens is 170 g/mol. The van der Waals surface area contributed by atoms with E-state index >= 15 is 0 Å². The number of carbonyl (C=O) groups excluding carboxylic acids is 1. The summed E-state index contributed by atoms with van der Waals surface area (Å²) in [4.78, 5) is 11.1. The molecule has 0 radical (unpaired) electrons. The molecule has 13 heavy (non-hydrogen) atoms. The molecule has 0 aromatic carbocycles. The van der Waals surface area contributed by atoms with Crippen LogP contribution >= 0.6 is 0 Å². The molecule has 0 aromatic rings. The van der Waals surface area contributed by atoms with Crippen molar-refractivity contribution in [1.29, 1.82) is 0 Å². The third-order valence-corrected chi connectivity index (χ3v) is 1.62. The molecule has 4 heteroatoms. The van der Waals surface area contributed by atoms with Crippen molar-refractivity contribution in [1.82, 2.24) is 0 Å². The molecule has 0 aromatic heterocycles. The van der Waals surface area contributed by atoms with Crippen molar-refractivity contribution in [3.63, 3.8) is 0 Å². The predicted octanol–water partition coefficient (Wildman–Crippen LogP) is 0.692. The molecule has 0 saturated heterocycles. The van der Waals surface area contributed by atoms with Crippen LogP contribution in [0.15, 0.2) is 0 Å². The number of carbonyl (C=O) groups is 1. The van der Waals surface area contributed by atoms with E-state index in [9.17, 15) is 4.79 Å². The van der Waals surface area contributed by atoms with Gasteiger partial charge in [-0.2, -0.15) is 0 Å². The van der Waals surface area contributed by atoms with Crippen LogP contribution < -0.4 is 5.73 Å². The van der Waals surface area contributed by atoms with Gasteiger partial charge < -0.3 is 15.2 Å². The fourth-order valence-corrected chi connectivity index (χ4v) is 0.770. The Hall–Kier alpha value is -0.610. The molecule has 0 aliphatic heterocycles. The van der Waals surface area contributed by atoms with Gasteiger partial charge in [0.1, 0.15) is 12.1 Å².